The van der Waals surface area contributed by atoms with Crippen LogP contribution in [0, 0.1) is 0 Å². The molecule has 0 fully saturated rings. The van der Waals surface area contributed by atoms with E-state index in [0.29, 0.717) is 31.8 Å². The molecule has 0 atom stereocenters. The molecule has 0 spiro atoms. The first-order chi connectivity index (χ1) is 23.4. The van der Waals surface area contributed by atoms with Crippen LogP contribution in [-0.4, -0.2) is 56.8 Å². The van der Waals surface area contributed by atoms with Crippen molar-refractivity contribution in [2.24, 2.45) is 0 Å². The van der Waals surface area contributed by atoms with Crippen molar-refractivity contribution in [2.75, 3.05) is 0 Å². The molecule has 0 unspecified atom stereocenters. The maximum atomic E-state index is 16.6. The molecule has 259 valence electrons. The molecule has 6 aromatic rings. The van der Waals surface area contributed by atoms with Crippen LogP contribution in [0.1, 0.15) is 0 Å². The van der Waals surface area contributed by atoms with E-state index in [9.17, 15) is 0 Å². The summed E-state index contributed by atoms with van der Waals surface area (Å²) in [5, 5.41) is 1.80. The topological polar surface area (TPSA) is 51.2 Å². The molecule has 6 rings (SSSR count). The summed E-state index contributed by atoms with van der Waals surface area (Å²) in [6.07, 6.45) is 0. The summed E-state index contributed by atoms with van der Waals surface area (Å²) < 4.78 is 59.2. The van der Waals surface area contributed by atoms with Gasteiger partial charge in [-0.2, -0.15) is 0 Å². The van der Waals surface area contributed by atoms with Gasteiger partial charge in [0.2, 0.25) is 0 Å². The molecule has 0 aliphatic rings. The first kappa shape index (κ1) is 46.0. The molecule has 11 heteroatoms. The molecule has 51 heavy (non-hydrogen) atoms. The maximum Gasteiger partial charge on any atom is 0 e. The van der Waals surface area contributed by atoms with Crippen LogP contribution in [0.4, 0.5) is 0 Å². The molecule has 0 heterocycles. The van der Waals surface area contributed by atoms with Gasteiger partial charge < -0.3 is 13.7 Å². The molecule has 0 aliphatic carbocycles. The zero-order chi connectivity index (χ0) is 33.9. The molecule has 3 nitrogen and oxygen atoms in total. The standard InChI is InChI=1S/C37H31O3P3.C2H2.CH.2Bi.2ClH.Zr.H/c38-41(31-19-7-1-8-20-31,32-21-9-2-10-22-32)37(42(39,33-23-11-3-12-24-33)34-25-13-4-14-26-34)43(40,35-27-15-5-16-28-35)36-29-17-6-18-30-36;1-2;;;;;;;/h1-30,37H;1-2H;1H;;;2*1H;;/q;;-1;;;;;;. The van der Waals surface area contributed by atoms with Crippen molar-refractivity contribution < 1.29 is 39.9 Å². The van der Waals surface area contributed by atoms with Crippen LogP contribution in [0.25, 0.3) is 0 Å². The van der Waals surface area contributed by atoms with Crippen molar-refractivity contribution in [1.82, 2.24) is 0 Å². The largest absolute Gasteiger partial charge is 0 e. The van der Waals surface area contributed by atoms with E-state index in [1.807, 2.05) is 182 Å². The van der Waals surface area contributed by atoms with E-state index in [-0.39, 0.29) is 51.0 Å². The maximum absolute atomic E-state index is 16.6. The van der Waals surface area contributed by atoms with Crippen molar-refractivity contribution in [3.05, 3.63) is 190 Å². The molecule has 0 bridgehead atoms. The fraction of sp³-hybridized carbons (Fsp3) is 0.0250. The number of benzene rings is 6. The van der Waals surface area contributed by atoms with Crippen LogP contribution >= 0.6 is 46.2 Å². The Hall–Kier alpha value is -1.15. The van der Waals surface area contributed by atoms with E-state index < -0.39 is 49.3 Å². The summed E-state index contributed by atoms with van der Waals surface area (Å²) in [5.74, 6) is 0. The quantitative estimate of drug-likeness (QED) is 0.0811. The minimum Gasteiger partial charge on any atom is 0 e. The predicted molar refractivity (Wildman–Crippen MR) is 226 cm³/mol. The summed E-state index contributed by atoms with van der Waals surface area (Å²) >= 11 is 0.672. The van der Waals surface area contributed by atoms with Gasteiger partial charge in [-0.3, -0.25) is 0 Å². The van der Waals surface area contributed by atoms with Crippen molar-refractivity contribution in [3.63, 3.8) is 0 Å². The van der Waals surface area contributed by atoms with Crippen LogP contribution in [0.5, 0.6) is 0 Å². The van der Waals surface area contributed by atoms with Gasteiger partial charge in [-0.25, -0.2) is 0 Å². The van der Waals surface area contributed by atoms with Crippen molar-refractivity contribution in [3.8, 4) is 0 Å². The van der Waals surface area contributed by atoms with E-state index in [2.05, 4.69) is 7.57 Å². The van der Waals surface area contributed by atoms with Crippen molar-refractivity contribution in [1.29, 1.82) is 0 Å². The second-order valence-corrected chi connectivity index (χ2v) is 24.2. The Morgan fingerprint density at radius 2 is 0.608 bits per heavy atom. The van der Waals surface area contributed by atoms with Gasteiger partial charge in [0.25, 0.3) is 0 Å². The SMILES string of the molecule is Cl.Cl.O=P(c1ccccc1)(c1ccccc1)C(P(=O)(c1ccccc1)c1ccccc1)P(=O)(c1ccccc1)c1ccccc1.[CH-]=[Bi][CH]=[CH][BiH].[Zr]. The van der Waals surface area contributed by atoms with Crippen molar-refractivity contribution in [2.45, 2.75) is 5.14 Å². The molecule has 6 aromatic carbocycles. The molecule has 0 saturated heterocycles. The van der Waals surface area contributed by atoms with Crippen LogP contribution in [0.2, 0.25) is 0 Å². The van der Waals surface area contributed by atoms with Crippen molar-refractivity contribution >= 4 is 130 Å². The first-order valence-electron chi connectivity index (χ1n) is 15.3. The minimum absolute atomic E-state index is 0. The third-order valence-corrected chi connectivity index (χ3v) is 28.5. The number of rotatable bonds is 10. The Balaban J connectivity index is 0.00000106. The minimum atomic E-state index is -3.97. The third kappa shape index (κ3) is 10.1. The Labute approximate surface area is 360 Å². The van der Waals surface area contributed by atoms with E-state index in [0.717, 1.165) is 0 Å². The average Bonchev–Trinajstić information content (AvgIpc) is 3.17. The summed E-state index contributed by atoms with van der Waals surface area (Å²) in [7, 11) is -11.9. The summed E-state index contributed by atoms with van der Waals surface area (Å²) in [5.41, 5.74) is 0. The van der Waals surface area contributed by atoms with Gasteiger partial charge in [-0.1, -0.05) is 182 Å². The van der Waals surface area contributed by atoms with Gasteiger partial charge in [-0.15, -0.1) is 24.8 Å². The molecule has 1 radical (unpaired) electrons. The number of hydrogen-bond acceptors (Lipinski definition) is 3. The third-order valence-electron chi connectivity index (χ3n) is 7.97. The second-order valence-electron chi connectivity index (χ2n) is 10.8. The van der Waals surface area contributed by atoms with Gasteiger partial charge in [0.05, 0.1) is 0 Å². The zero-order valence-corrected chi connectivity index (χ0v) is 41.6. The molecule has 0 aromatic heterocycles. The Bertz CT molecular complexity index is 1740. The Morgan fingerprint density at radius 3 is 0.725 bits per heavy atom. The van der Waals surface area contributed by atoms with Crippen LogP contribution in [0.3, 0.4) is 0 Å². The van der Waals surface area contributed by atoms with Crippen LogP contribution in [0.15, 0.2) is 190 Å². The van der Waals surface area contributed by atoms with E-state index >= 15 is 13.7 Å². The van der Waals surface area contributed by atoms with Gasteiger partial charge in [0.1, 0.15) is 5.14 Å². The molecule has 0 amide bonds. The molecule has 0 saturated carbocycles. The van der Waals surface area contributed by atoms with E-state index in [1.54, 1.807) is 0 Å². The summed E-state index contributed by atoms with van der Waals surface area (Å²) in [6, 6.07) is 55.2. The predicted octanol–water partition coefficient (Wildman–Crippen LogP) is 7.53. The number of halogens is 2. The number of hydrogen-bond donors (Lipinski definition) is 0. The van der Waals surface area contributed by atoms with Crippen LogP contribution < -0.4 is 31.8 Å². The van der Waals surface area contributed by atoms with E-state index in [4.69, 9.17) is 4.21 Å². The molecular weight excluding hydrogens is 1200 g/mol. The fourth-order valence-corrected chi connectivity index (χ4v) is 25.6. The normalized spacial score (nSPS) is 11.2. The monoisotopic (exact) mass is 1240 g/mol. The fourth-order valence-electron chi connectivity index (χ4n) is 5.87. The first-order valence-corrected chi connectivity index (χ1v) is 26.9. The second kappa shape index (κ2) is 22.3. The van der Waals surface area contributed by atoms with Gasteiger partial charge in [0.15, 0.2) is 21.4 Å². The van der Waals surface area contributed by atoms with Gasteiger partial charge in [0, 0.05) is 58.0 Å². The summed E-state index contributed by atoms with van der Waals surface area (Å²) in [6.45, 7) is 0. The Kier molecular flexibility index (Phi) is 20.1. The zero-order valence-electron chi connectivity index (χ0n) is 27.5. The Morgan fingerprint density at radius 1 is 0.431 bits per heavy atom. The molecule has 0 aliphatic heterocycles. The van der Waals surface area contributed by atoms with E-state index in [1.165, 1.54) is 24.7 Å². The smallest absolute Gasteiger partial charge is 0 e. The average molecular weight is 1240 g/mol. The van der Waals surface area contributed by atoms with Gasteiger partial charge in [-0.05, 0) is 0 Å². The molecule has 0 N–H and O–H groups in total. The molecular formula is C40H37Bi2Cl2O3P3Zr-. The van der Waals surface area contributed by atoms with Crippen LogP contribution in [-0.2, 0) is 39.9 Å². The van der Waals surface area contributed by atoms with Gasteiger partial charge >= 0.3 is 59.2 Å². The summed E-state index contributed by atoms with van der Waals surface area (Å²) in [4.78, 5) is 0.